The number of rotatable bonds is 9. The van der Waals surface area contributed by atoms with E-state index < -0.39 is 17.2 Å². The van der Waals surface area contributed by atoms with E-state index in [2.05, 4.69) is 4.98 Å². The Kier molecular flexibility index (Phi) is 6.38. The Hall–Kier alpha value is -4.26. The molecule has 1 saturated carbocycles. The zero-order valence-corrected chi connectivity index (χ0v) is 20.0. The number of esters is 1. The number of carbonyl (C=O) groups excluding carboxylic acids is 2. The molecule has 7 nitrogen and oxygen atoms in total. The molecule has 0 radical (unpaired) electrons. The predicted octanol–water partition coefficient (Wildman–Crippen LogP) is 4.47. The van der Waals surface area contributed by atoms with E-state index in [9.17, 15) is 9.59 Å². The summed E-state index contributed by atoms with van der Waals surface area (Å²) < 4.78 is 11.4. The molecule has 1 fully saturated rings. The molecule has 1 unspecified atom stereocenters. The molecule has 0 bridgehead atoms. The first-order valence-electron chi connectivity index (χ1n) is 12.0. The fourth-order valence-corrected chi connectivity index (χ4v) is 4.70. The van der Waals surface area contributed by atoms with Crippen LogP contribution in [0.3, 0.4) is 0 Å². The van der Waals surface area contributed by atoms with Crippen molar-refractivity contribution in [1.82, 2.24) is 9.97 Å². The van der Waals surface area contributed by atoms with Gasteiger partial charge in [0.05, 0.1) is 29.2 Å². The van der Waals surface area contributed by atoms with Crippen LogP contribution in [0.2, 0.25) is 0 Å². The normalized spacial score (nSPS) is 18.5. The maximum atomic E-state index is 12.5. The number of fused-ring (bicyclic) bond motifs is 1. The van der Waals surface area contributed by atoms with Crippen LogP contribution in [-0.4, -0.2) is 28.5 Å². The third-order valence-corrected chi connectivity index (χ3v) is 6.70. The van der Waals surface area contributed by atoms with Crippen molar-refractivity contribution in [3.63, 3.8) is 0 Å². The van der Waals surface area contributed by atoms with Crippen molar-refractivity contribution in [3.05, 3.63) is 90.3 Å². The minimum Gasteiger partial charge on any atom is -0.489 e. The van der Waals surface area contributed by atoms with Gasteiger partial charge in [-0.1, -0.05) is 30.3 Å². The van der Waals surface area contributed by atoms with Crippen LogP contribution in [0.25, 0.3) is 22.2 Å². The number of amides is 1. The van der Waals surface area contributed by atoms with E-state index in [4.69, 9.17) is 20.2 Å². The second kappa shape index (κ2) is 9.77. The Morgan fingerprint density at radius 1 is 1.08 bits per heavy atom. The first-order chi connectivity index (χ1) is 17.5. The molecule has 7 heteroatoms. The molecule has 5 rings (SSSR count). The molecule has 1 aliphatic rings. The molecular formula is C29H27N3O4. The van der Waals surface area contributed by atoms with Gasteiger partial charge in [-0.2, -0.15) is 0 Å². The summed E-state index contributed by atoms with van der Waals surface area (Å²) in [6.45, 7) is 2.39. The molecule has 36 heavy (non-hydrogen) atoms. The van der Waals surface area contributed by atoms with Crippen LogP contribution in [-0.2, 0) is 27.4 Å². The Labute approximate surface area is 209 Å². The molecule has 2 atom stereocenters. The highest BCUT2D eigenvalue weighted by Crippen LogP contribution is 2.55. The fourth-order valence-electron chi connectivity index (χ4n) is 4.70. The van der Waals surface area contributed by atoms with Crippen molar-refractivity contribution in [2.45, 2.75) is 26.4 Å². The highest BCUT2D eigenvalue weighted by molar-refractivity contribution is 5.93. The average Bonchev–Trinajstić information content (AvgIpc) is 3.64. The van der Waals surface area contributed by atoms with Gasteiger partial charge in [-0.15, -0.1) is 0 Å². The second-order valence-corrected chi connectivity index (χ2v) is 9.07. The minimum atomic E-state index is -0.858. The van der Waals surface area contributed by atoms with Gasteiger partial charge in [0.1, 0.15) is 12.4 Å². The van der Waals surface area contributed by atoms with Crippen molar-refractivity contribution < 1.29 is 19.1 Å². The number of hydrogen-bond acceptors (Lipinski definition) is 6. The summed E-state index contributed by atoms with van der Waals surface area (Å²) in [6.07, 6.45) is 4.37. The molecule has 4 aromatic rings. The number of para-hydroxylation sites is 1. The molecule has 0 spiro atoms. The lowest BCUT2D eigenvalue weighted by atomic mass is 9.93. The lowest BCUT2D eigenvalue weighted by Gasteiger charge is -2.16. The maximum Gasteiger partial charge on any atom is 0.313 e. The van der Waals surface area contributed by atoms with Gasteiger partial charge in [-0.05, 0) is 61.7 Å². The summed E-state index contributed by atoms with van der Waals surface area (Å²) in [5.74, 6) is -0.599. The Bertz CT molecular complexity index is 1410. The van der Waals surface area contributed by atoms with Crippen molar-refractivity contribution in [1.29, 1.82) is 0 Å². The van der Waals surface area contributed by atoms with E-state index in [1.165, 1.54) is 0 Å². The van der Waals surface area contributed by atoms with E-state index in [1.54, 1.807) is 19.3 Å². The van der Waals surface area contributed by atoms with Gasteiger partial charge in [0.2, 0.25) is 5.91 Å². The van der Waals surface area contributed by atoms with Crippen LogP contribution in [0, 0.1) is 11.3 Å². The van der Waals surface area contributed by atoms with Gasteiger partial charge < -0.3 is 15.2 Å². The highest BCUT2D eigenvalue weighted by Gasteiger charge is 2.63. The summed E-state index contributed by atoms with van der Waals surface area (Å²) in [5.41, 5.74) is 9.26. The van der Waals surface area contributed by atoms with E-state index in [1.807, 2.05) is 66.7 Å². The zero-order valence-electron chi connectivity index (χ0n) is 20.0. The predicted molar refractivity (Wildman–Crippen MR) is 136 cm³/mol. The number of primary amides is 1. The molecule has 2 heterocycles. The van der Waals surface area contributed by atoms with Crippen LogP contribution in [0.5, 0.6) is 5.75 Å². The molecule has 2 aromatic heterocycles. The first-order valence-corrected chi connectivity index (χ1v) is 12.0. The number of carbonyl (C=O) groups is 2. The Balaban J connectivity index is 1.33. The number of ether oxygens (including phenoxy) is 2. The van der Waals surface area contributed by atoms with E-state index in [-0.39, 0.29) is 12.6 Å². The van der Waals surface area contributed by atoms with E-state index in [0.717, 1.165) is 33.3 Å². The lowest BCUT2D eigenvalue weighted by Crippen LogP contribution is -2.28. The number of aromatic nitrogens is 2. The maximum absolute atomic E-state index is 12.5. The smallest absolute Gasteiger partial charge is 0.313 e. The highest BCUT2D eigenvalue weighted by atomic mass is 16.5. The number of hydrogen-bond donors (Lipinski definition) is 1. The topological polar surface area (TPSA) is 104 Å². The van der Waals surface area contributed by atoms with Gasteiger partial charge >= 0.3 is 5.97 Å². The third kappa shape index (κ3) is 4.64. The van der Waals surface area contributed by atoms with Gasteiger partial charge in [-0.3, -0.25) is 14.6 Å². The van der Waals surface area contributed by atoms with Crippen molar-refractivity contribution in [3.8, 4) is 17.0 Å². The molecule has 2 aromatic carbocycles. The summed E-state index contributed by atoms with van der Waals surface area (Å²) in [5, 5.41) is 1.03. The number of benzene rings is 2. The van der Waals surface area contributed by atoms with Gasteiger partial charge in [0, 0.05) is 28.9 Å². The van der Waals surface area contributed by atoms with Gasteiger partial charge in [0.15, 0.2) is 0 Å². The molecule has 1 amide bonds. The monoisotopic (exact) mass is 481 g/mol. The standard InChI is InChI=1S/C29H27N3O4/c1-2-35-28(34)29(16-24(29)27(30)33)15-19-9-11-22(12-10-19)36-18-21-14-26(20-6-5-13-31-17-20)32-25-8-4-3-7-23(21)25/h3-14,17,24H,2,15-16,18H2,1H3,(H2,30,33)/t24?,29-/m0/s1. The van der Waals surface area contributed by atoms with Gasteiger partial charge in [-0.25, -0.2) is 4.98 Å². The fraction of sp³-hybridized carbons (Fsp3) is 0.241. The number of pyridine rings is 2. The van der Waals surface area contributed by atoms with Crippen molar-refractivity contribution in [2.24, 2.45) is 17.1 Å². The molecule has 182 valence electrons. The molecule has 0 saturated heterocycles. The van der Waals surface area contributed by atoms with Crippen LogP contribution in [0.15, 0.2) is 79.1 Å². The number of nitrogens with two attached hydrogens (primary N) is 1. The molecule has 0 aliphatic heterocycles. The largest absolute Gasteiger partial charge is 0.489 e. The van der Waals surface area contributed by atoms with E-state index >= 15 is 0 Å². The van der Waals surface area contributed by atoms with E-state index in [0.29, 0.717) is 25.2 Å². The minimum absolute atomic E-state index is 0.269. The number of nitrogens with zero attached hydrogens (tertiary/aromatic N) is 2. The van der Waals surface area contributed by atoms with Crippen molar-refractivity contribution in [2.75, 3.05) is 6.61 Å². The van der Waals surface area contributed by atoms with Crippen LogP contribution in [0.4, 0.5) is 0 Å². The Morgan fingerprint density at radius 2 is 1.89 bits per heavy atom. The molecule has 2 N–H and O–H groups in total. The third-order valence-electron chi connectivity index (χ3n) is 6.70. The quantitative estimate of drug-likeness (QED) is 0.354. The lowest BCUT2D eigenvalue weighted by molar-refractivity contribution is -0.151. The van der Waals surface area contributed by atoms with Crippen LogP contribution >= 0.6 is 0 Å². The summed E-state index contributed by atoms with van der Waals surface area (Å²) in [6, 6.07) is 21.5. The SMILES string of the molecule is CCOC(=O)[C@@]1(Cc2ccc(OCc3cc(-c4cccnc4)nc4ccccc34)cc2)CC1C(N)=O. The average molecular weight is 482 g/mol. The van der Waals surface area contributed by atoms with Crippen molar-refractivity contribution >= 4 is 22.8 Å². The first kappa shape index (κ1) is 23.5. The molecule has 1 aliphatic carbocycles. The Morgan fingerprint density at radius 3 is 2.58 bits per heavy atom. The summed E-state index contributed by atoms with van der Waals surface area (Å²) in [7, 11) is 0. The van der Waals surface area contributed by atoms with Gasteiger partial charge in [0.25, 0.3) is 0 Å². The van der Waals surface area contributed by atoms with Crippen LogP contribution in [0.1, 0.15) is 24.5 Å². The van der Waals surface area contributed by atoms with Crippen LogP contribution < -0.4 is 10.5 Å². The zero-order chi connectivity index (χ0) is 25.1. The summed E-state index contributed by atoms with van der Waals surface area (Å²) in [4.78, 5) is 33.3. The summed E-state index contributed by atoms with van der Waals surface area (Å²) >= 11 is 0. The molecular weight excluding hydrogens is 454 g/mol. The second-order valence-electron chi connectivity index (χ2n) is 9.07.